The number of carbonyl (C=O) groups is 2. The number of hydrogen-bond donors (Lipinski definition) is 1. The highest BCUT2D eigenvalue weighted by molar-refractivity contribution is 5.96. The van der Waals surface area contributed by atoms with Gasteiger partial charge in [0.15, 0.2) is 0 Å². The molecule has 0 aliphatic heterocycles. The molecule has 0 saturated carbocycles. The van der Waals surface area contributed by atoms with Gasteiger partial charge < -0.3 is 14.7 Å². The van der Waals surface area contributed by atoms with Crippen molar-refractivity contribution in [3.63, 3.8) is 0 Å². The Hall–Kier alpha value is -2.39. The summed E-state index contributed by atoms with van der Waals surface area (Å²) in [5.41, 5.74) is 0.640. The SMILES string of the molecule is CCOC(=O)CN(C)C(=O)c1ncccc1C#CCCO. The molecule has 6 nitrogen and oxygen atoms in total. The number of aliphatic hydroxyl groups is 1. The molecule has 0 aromatic carbocycles. The van der Waals surface area contributed by atoms with Crippen LogP contribution in [0.25, 0.3) is 0 Å². The van der Waals surface area contributed by atoms with E-state index in [1.807, 2.05) is 0 Å². The maximum absolute atomic E-state index is 12.3. The summed E-state index contributed by atoms with van der Waals surface area (Å²) in [5.74, 6) is 4.66. The molecule has 0 aliphatic rings. The van der Waals surface area contributed by atoms with E-state index in [1.54, 1.807) is 19.1 Å². The van der Waals surface area contributed by atoms with Crippen molar-refractivity contribution >= 4 is 11.9 Å². The van der Waals surface area contributed by atoms with Crippen LogP contribution in [0.5, 0.6) is 0 Å². The van der Waals surface area contributed by atoms with Crippen LogP contribution in [-0.4, -0.2) is 53.7 Å². The zero-order chi connectivity index (χ0) is 15.7. The maximum atomic E-state index is 12.3. The Balaban J connectivity index is 2.87. The third-order valence-corrected chi connectivity index (χ3v) is 2.49. The molecule has 0 radical (unpaired) electrons. The standard InChI is InChI=1S/C15H18N2O4/c1-3-21-13(19)11-17(2)15(20)14-12(7-4-5-10-18)8-6-9-16-14/h6,8-9,18H,3,5,10-11H2,1-2H3. The quantitative estimate of drug-likeness (QED) is 0.629. The number of nitrogens with zero attached hydrogens (tertiary/aromatic N) is 2. The highest BCUT2D eigenvalue weighted by Crippen LogP contribution is 2.07. The number of carbonyl (C=O) groups excluding carboxylic acids is 2. The molecular formula is C15H18N2O4. The van der Waals surface area contributed by atoms with E-state index in [1.165, 1.54) is 18.1 Å². The van der Waals surface area contributed by atoms with Crippen LogP contribution in [-0.2, 0) is 9.53 Å². The van der Waals surface area contributed by atoms with Crippen LogP contribution >= 0.6 is 0 Å². The number of hydrogen-bond acceptors (Lipinski definition) is 5. The topological polar surface area (TPSA) is 79.7 Å². The zero-order valence-electron chi connectivity index (χ0n) is 12.1. The van der Waals surface area contributed by atoms with Crippen molar-refractivity contribution < 1.29 is 19.4 Å². The molecule has 21 heavy (non-hydrogen) atoms. The monoisotopic (exact) mass is 290 g/mol. The normalized spacial score (nSPS) is 9.48. The second kappa shape index (κ2) is 8.72. The lowest BCUT2D eigenvalue weighted by molar-refractivity contribution is -0.143. The Morgan fingerprint density at radius 1 is 1.48 bits per heavy atom. The molecule has 1 heterocycles. The van der Waals surface area contributed by atoms with Crippen molar-refractivity contribution in [2.45, 2.75) is 13.3 Å². The molecule has 0 fully saturated rings. The van der Waals surface area contributed by atoms with Gasteiger partial charge in [0.1, 0.15) is 12.2 Å². The van der Waals surface area contributed by atoms with Gasteiger partial charge in [-0.1, -0.05) is 11.8 Å². The average molecular weight is 290 g/mol. The van der Waals surface area contributed by atoms with Crippen LogP contribution in [0.2, 0.25) is 0 Å². The summed E-state index contributed by atoms with van der Waals surface area (Å²) in [7, 11) is 1.50. The van der Waals surface area contributed by atoms with E-state index in [4.69, 9.17) is 9.84 Å². The van der Waals surface area contributed by atoms with Gasteiger partial charge in [-0.15, -0.1) is 0 Å². The van der Waals surface area contributed by atoms with Gasteiger partial charge in [0.05, 0.1) is 18.8 Å². The Morgan fingerprint density at radius 2 is 2.24 bits per heavy atom. The number of ether oxygens (including phenoxy) is 1. The summed E-state index contributed by atoms with van der Waals surface area (Å²) in [6, 6.07) is 3.34. The van der Waals surface area contributed by atoms with E-state index >= 15 is 0 Å². The molecular weight excluding hydrogens is 272 g/mol. The number of rotatable bonds is 5. The molecule has 1 amide bonds. The molecule has 0 spiro atoms. The zero-order valence-corrected chi connectivity index (χ0v) is 12.1. The van der Waals surface area contributed by atoms with Gasteiger partial charge in [0.2, 0.25) is 0 Å². The first-order valence-electron chi connectivity index (χ1n) is 6.56. The van der Waals surface area contributed by atoms with Crippen LogP contribution in [0.3, 0.4) is 0 Å². The van der Waals surface area contributed by atoms with E-state index in [0.717, 1.165) is 0 Å². The minimum Gasteiger partial charge on any atom is -0.465 e. The van der Waals surface area contributed by atoms with Gasteiger partial charge in [-0.25, -0.2) is 4.98 Å². The molecule has 0 atom stereocenters. The molecule has 0 bridgehead atoms. The summed E-state index contributed by atoms with van der Waals surface area (Å²) >= 11 is 0. The third-order valence-electron chi connectivity index (χ3n) is 2.49. The molecule has 6 heteroatoms. The van der Waals surface area contributed by atoms with Crippen molar-refractivity contribution in [3.8, 4) is 11.8 Å². The lowest BCUT2D eigenvalue weighted by Gasteiger charge is -2.16. The fraction of sp³-hybridized carbons (Fsp3) is 0.400. The van der Waals surface area contributed by atoms with Crippen LogP contribution in [0.15, 0.2) is 18.3 Å². The molecule has 0 unspecified atom stereocenters. The Bertz CT molecular complexity index is 560. The first-order chi connectivity index (χ1) is 10.1. The fourth-order valence-corrected chi connectivity index (χ4v) is 1.54. The fourth-order valence-electron chi connectivity index (χ4n) is 1.54. The third kappa shape index (κ3) is 5.24. The highest BCUT2D eigenvalue weighted by atomic mass is 16.5. The van der Waals surface area contributed by atoms with Crippen LogP contribution < -0.4 is 0 Å². The highest BCUT2D eigenvalue weighted by Gasteiger charge is 2.19. The molecule has 112 valence electrons. The minimum absolute atomic E-state index is 0.0424. The van der Waals surface area contributed by atoms with Crippen molar-refractivity contribution in [2.24, 2.45) is 0 Å². The number of aliphatic hydroxyl groups excluding tert-OH is 1. The first kappa shape index (κ1) is 16.7. The van der Waals surface area contributed by atoms with Gasteiger partial charge in [-0.3, -0.25) is 9.59 Å². The minimum atomic E-state index is -0.475. The number of likely N-dealkylation sites (N-methyl/N-ethyl adjacent to an activating group) is 1. The van der Waals surface area contributed by atoms with Gasteiger partial charge in [-0.05, 0) is 19.1 Å². The second-order valence-electron chi connectivity index (χ2n) is 4.14. The summed E-state index contributed by atoms with van der Waals surface area (Å²) in [5, 5.41) is 8.72. The smallest absolute Gasteiger partial charge is 0.325 e. The molecule has 1 aromatic heterocycles. The number of esters is 1. The molecule has 1 rings (SSSR count). The van der Waals surface area contributed by atoms with Gasteiger partial charge in [0.25, 0.3) is 5.91 Å². The number of pyridine rings is 1. The second-order valence-corrected chi connectivity index (χ2v) is 4.14. The van der Waals surface area contributed by atoms with Crippen molar-refractivity contribution in [1.29, 1.82) is 0 Å². The van der Waals surface area contributed by atoms with E-state index < -0.39 is 11.9 Å². The summed E-state index contributed by atoms with van der Waals surface area (Å²) in [4.78, 5) is 28.9. The van der Waals surface area contributed by atoms with Crippen LogP contribution in [0.4, 0.5) is 0 Å². The van der Waals surface area contributed by atoms with Crippen LogP contribution in [0.1, 0.15) is 29.4 Å². The Morgan fingerprint density at radius 3 is 2.90 bits per heavy atom. The Kier molecular flexibility index (Phi) is 6.92. The molecule has 0 aliphatic carbocycles. The van der Waals surface area contributed by atoms with E-state index in [0.29, 0.717) is 12.0 Å². The van der Waals surface area contributed by atoms with Crippen molar-refractivity contribution in [2.75, 3.05) is 26.8 Å². The molecule has 0 saturated heterocycles. The van der Waals surface area contributed by atoms with E-state index in [2.05, 4.69) is 16.8 Å². The number of aromatic nitrogens is 1. The number of amides is 1. The lowest BCUT2D eigenvalue weighted by atomic mass is 10.1. The predicted molar refractivity (Wildman–Crippen MR) is 76.4 cm³/mol. The van der Waals surface area contributed by atoms with Gasteiger partial charge in [-0.2, -0.15) is 0 Å². The van der Waals surface area contributed by atoms with Crippen molar-refractivity contribution in [1.82, 2.24) is 9.88 Å². The van der Waals surface area contributed by atoms with Crippen molar-refractivity contribution in [3.05, 3.63) is 29.6 Å². The largest absolute Gasteiger partial charge is 0.465 e. The van der Waals surface area contributed by atoms with Crippen LogP contribution in [0, 0.1) is 11.8 Å². The lowest BCUT2D eigenvalue weighted by Crippen LogP contribution is -2.34. The summed E-state index contributed by atoms with van der Waals surface area (Å²) in [6.07, 6.45) is 1.81. The Labute approximate surface area is 123 Å². The summed E-state index contributed by atoms with van der Waals surface area (Å²) < 4.78 is 4.80. The van der Waals surface area contributed by atoms with E-state index in [9.17, 15) is 9.59 Å². The molecule has 1 N–H and O–H groups in total. The predicted octanol–water partition coefficient (Wildman–Crippen LogP) is 0.451. The van der Waals surface area contributed by atoms with E-state index in [-0.39, 0.29) is 25.5 Å². The maximum Gasteiger partial charge on any atom is 0.325 e. The first-order valence-corrected chi connectivity index (χ1v) is 6.56. The van der Waals surface area contributed by atoms with Gasteiger partial charge >= 0.3 is 5.97 Å². The molecule has 1 aromatic rings. The summed E-state index contributed by atoms with van der Waals surface area (Å²) in [6.45, 7) is 1.78. The average Bonchev–Trinajstić information content (AvgIpc) is 2.47. The van der Waals surface area contributed by atoms with Gasteiger partial charge in [0, 0.05) is 19.7 Å².